The van der Waals surface area contributed by atoms with Gasteiger partial charge in [-0.15, -0.1) is 0 Å². The van der Waals surface area contributed by atoms with Gasteiger partial charge in [0, 0.05) is 6.61 Å². The van der Waals surface area contributed by atoms with E-state index >= 15 is 0 Å². The summed E-state index contributed by atoms with van der Waals surface area (Å²) in [6.45, 7) is 4.35. The number of hydrogen-bond donors (Lipinski definition) is 0. The van der Waals surface area contributed by atoms with E-state index in [2.05, 4.69) is 18.8 Å². The molecule has 0 aromatic heterocycles. The summed E-state index contributed by atoms with van der Waals surface area (Å²) in [5, 5.41) is 0. The molecule has 0 amide bonds. The third kappa shape index (κ3) is 9.92. The van der Waals surface area contributed by atoms with E-state index < -0.39 is 0 Å². The maximum Gasteiger partial charge on any atom is 0.0701 e. The van der Waals surface area contributed by atoms with E-state index in [9.17, 15) is 0 Å². The van der Waals surface area contributed by atoms with E-state index in [-0.39, 0.29) is 0 Å². The van der Waals surface area contributed by atoms with Gasteiger partial charge in [0.05, 0.1) is 20.3 Å². The van der Waals surface area contributed by atoms with Crippen molar-refractivity contribution >= 4 is 0 Å². The van der Waals surface area contributed by atoms with Crippen molar-refractivity contribution in [1.82, 2.24) is 0 Å². The molecule has 11 heavy (non-hydrogen) atoms. The lowest BCUT2D eigenvalue weighted by Gasteiger charge is -2.01. The molecule has 0 aromatic rings. The summed E-state index contributed by atoms with van der Waals surface area (Å²) in [4.78, 5) is 0. The summed E-state index contributed by atoms with van der Waals surface area (Å²) in [6.07, 6.45) is 5.05. The third-order valence-corrected chi connectivity index (χ3v) is 1.51. The zero-order valence-electron chi connectivity index (χ0n) is 7.47. The molecule has 0 spiro atoms. The van der Waals surface area contributed by atoms with Crippen LogP contribution in [0.3, 0.4) is 0 Å². The summed E-state index contributed by atoms with van der Waals surface area (Å²) in [5.74, 6) is 0. The monoisotopic (exact) mass is 159 g/mol. The topological polar surface area (TPSA) is 18.5 Å². The molecule has 2 heteroatoms. The van der Waals surface area contributed by atoms with Crippen LogP contribution in [0.2, 0.25) is 0 Å². The highest BCUT2D eigenvalue weighted by molar-refractivity contribution is 4.39. The van der Waals surface area contributed by atoms with Gasteiger partial charge in [-0.25, -0.2) is 0 Å². The minimum atomic E-state index is 0.605. The molecule has 0 heterocycles. The Balaban J connectivity index is 2.69. The van der Waals surface area contributed by atoms with Crippen LogP contribution >= 0.6 is 0 Å². The fourth-order valence-corrected chi connectivity index (χ4v) is 0.851. The Morgan fingerprint density at radius 3 is 2.45 bits per heavy atom. The second kappa shape index (κ2) is 9.92. The first kappa shape index (κ1) is 10.9. The summed E-state index contributed by atoms with van der Waals surface area (Å²) >= 11 is 0. The first-order valence-electron chi connectivity index (χ1n) is 4.36. The van der Waals surface area contributed by atoms with Crippen molar-refractivity contribution in [2.24, 2.45) is 0 Å². The fraction of sp³-hybridized carbons (Fsp3) is 0.889. The minimum Gasteiger partial charge on any atom is -0.379 e. The highest BCUT2D eigenvalue weighted by Gasteiger charge is 1.88. The third-order valence-electron chi connectivity index (χ3n) is 1.51. The SMILES string of the molecule is [CH2]OCCOCCCCCC. The van der Waals surface area contributed by atoms with Crippen molar-refractivity contribution in [2.45, 2.75) is 32.6 Å². The quantitative estimate of drug-likeness (QED) is 0.506. The van der Waals surface area contributed by atoms with Crippen molar-refractivity contribution in [3.8, 4) is 0 Å². The molecule has 0 aliphatic heterocycles. The van der Waals surface area contributed by atoms with Crippen molar-refractivity contribution in [2.75, 3.05) is 19.8 Å². The van der Waals surface area contributed by atoms with Crippen LogP contribution in [0.15, 0.2) is 0 Å². The maximum absolute atomic E-state index is 5.26. The second-order valence-electron chi connectivity index (χ2n) is 2.58. The molecule has 67 valence electrons. The lowest BCUT2D eigenvalue weighted by molar-refractivity contribution is 0.0805. The molecule has 0 N–H and O–H groups in total. The zero-order chi connectivity index (χ0) is 8.36. The van der Waals surface area contributed by atoms with Crippen LogP contribution in [0.5, 0.6) is 0 Å². The Bertz CT molecular complexity index is 56.6. The Labute approximate surface area is 69.9 Å². The maximum atomic E-state index is 5.26. The average Bonchev–Trinajstić information content (AvgIpc) is 2.03. The zero-order valence-corrected chi connectivity index (χ0v) is 7.47. The summed E-state index contributed by atoms with van der Waals surface area (Å²) in [7, 11) is 3.25. The van der Waals surface area contributed by atoms with E-state index in [1.54, 1.807) is 0 Å². The van der Waals surface area contributed by atoms with Crippen molar-refractivity contribution in [3.05, 3.63) is 7.11 Å². The highest BCUT2D eigenvalue weighted by Crippen LogP contribution is 1.98. The molecule has 2 nitrogen and oxygen atoms in total. The smallest absolute Gasteiger partial charge is 0.0701 e. The van der Waals surface area contributed by atoms with Gasteiger partial charge < -0.3 is 9.47 Å². The highest BCUT2D eigenvalue weighted by atomic mass is 16.5. The van der Waals surface area contributed by atoms with Gasteiger partial charge >= 0.3 is 0 Å². The first-order chi connectivity index (χ1) is 5.41. The summed E-state index contributed by atoms with van der Waals surface area (Å²) in [5.41, 5.74) is 0. The van der Waals surface area contributed by atoms with E-state index in [4.69, 9.17) is 4.74 Å². The molecule has 0 bridgehead atoms. The average molecular weight is 159 g/mol. The molecular weight excluding hydrogens is 140 g/mol. The van der Waals surface area contributed by atoms with Crippen molar-refractivity contribution < 1.29 is 9.47 Å². The molecule has 0 aliphatic rings. The molecule has 0 unspecified atom stereocenters. The molecule has 0 aliphatic carbocycles. The number of ether oxygens (including phenoxy) is 2. The van der Waals surface area contributed by atoms with Crippen LogP contribution in [0.4, 0.5) is 0 Å². The van der Waals surface area contributed by atoms with Crippen LogP contribution < -0.4 is 0 Å². The second-order valence-corrected chi connectivity index (χ2v) is 2.58. The molecule has 0 atom stereocenters. The molecule has 0 rings (SSSR count). The van der Waals surface area contributed by atoms with Crippen LogP contribution in [0.1, 0.15) is 32.6 Å². The van der Waals surface area contributed by atoms with Gasteiger partial charge in [0.25, 0.3) is 0 Å². The fourth-order valence-electron chi connectivity index (χ4n) is 0.851. The van der Waals surface area contributed by atoms with Gasteiger partial charge in [-0.2, -0.15) is 0 Å². The van der Waals surface area contributed by atoms with Crippen LogP contribution in [-0.2, 0) is 9.47 Å². The largest absolute Gasteiger partial charge is 0.379 e. The molecular formula is C9H19O2. The Morgan fingerprint density at radius 1 is 1.00 bits per heavy atom. The standard InChI is InChI=1S/C9H19O2/c1-3-4-5-6-7-11-9-8-10-2/h2-9H2,1H3. The van der Waals surface area contributed by atoms with Crippen molar-refractivity contribution in [3.63, 3.8) is 0 Å². The molecule has 0 saturated heterocycles. The predicted octanol–water partition coefficient (Wildman–Crippen LogP) is 2.39. The van der Waals surface area contributed by atoms with E-state index in [0.717, 1.165) is 6.61 Å². The Kier molecular flexibility index (Phi) is 9.85. The lowest BCUT2D eigenvalue weighted by Crippen LogP contribution is -2.02. The van der Waals surface area contributed by atoms with Gasteiger partial charge in [-0.05, 0) is 6.42 Å². The Hall–Kier alpha value is -0.0800. The molecule has 1 radical (unpaired) electrons. The lowest BCUT2D eigenvalue weighted by atomic mass is 10.2. The van der Waals surface area contributed by atoms with E-state index in [1.165, 1.54) is 25.7 Å². The van der Waals surface area contributed by atoms with Crippen LogP contribution in [-0.4, -0.2) is 19.8 Å². The van der Waals surface area contributed by atoms with Crippen LogP contribution in [0, 0.1) is 7.11 Å². The molecule has 0 saturated carbocycles. The predicted molar refractivity (Wildman–Crippen MR) is 46.3 cm³/mol. The number of rotatable bonds is 8. The number of unbranched alkanes of at least 4 members (excludes halogenated alkanes) is 3. The summed E-state index contributed by atoms with van der Waals surface area (Å²) < 4.78 is 9.85. The van der Waals surface area contributed by atoms with Gasteiger partial charge in [0.2, 0.25) is 0 Å². The van der Waals surface area contributed by atoms with Crippen LogP contribution in [0.25, 0.3) is 0 Å². The van der Waals surface area contributed by atoms with Crippen molar-refractivity contribution in [1.29, 1.82) is 0 Å². The number of hydrogen-bond acceptors (Lipinski definition) is 2. The summed E-state index contributed by atoms with van der Waals surface area (Å²) in [6, 6.07) is 0. The first-order valence-corrected chi connectivity index (χ1v) is 4.36. The van der Waals surface area contributed by atoms with E-state index in [0.29, 0.717) is 13.2 Å². The van der Waals surface area contributed by atoms with Gasteiger partial charge in [-0.1, -0.05) is 26.2 Å². The Morgan fingerprint density at radius 2 is 1.82 bits per heavy atom. The molecule has 0 aromatic carbocycles. The van der Waals surface area contributed by atoms with Gasteiger partial charge in [-0.3, -0.25) is 0 Å². The molecule has 0 fully saturated rings. The van der Waals surface area contributed by atoms with E-state index in [1.807, 2.05) is 0 Å². The normalized spacial score (nSPS) is 10.4. The van der Waals surface area contributed by atoms with Gasteiger partial charge in [0.15, 0.2) is 0 Å². The van der Waals surface area contributed by atoms with Gasteiger partial charge in [0.1, 0.15) is 0 Å². The minimum absolute atomic E-state index is 0.605.